The van der Waals surface area contributed by atoms with Gasteiger partial charge in [-0.1, -0.05) is 0 Å². The molecule has 0 amide bonds. The standard InChI is InChI=1S/C18H36N2O10P/c1-16(2)25-12-18(13-26-16,19(21)22)14-29-31(23,27-9-8-20(5,6)7)28-11-15-10-24-17(3,4)30-15/h15H,8-14H2,1-7H3/q+1. The second-order valence-electron chi connectivity index (χ2n) is 9.77. The van der Waals surface area contributed by atoms with Gasteiger partial charge in [0.2, 0.25) is 0 Å². The molecule has 0 spiro atoms. The lowest BCUT2D eigenvalue weighted by atomic mass is 10.0. The molecule has 2 atom stereocenters. The molecule has 0 aromatic carbocycles. The van der Waals surface area contributed by atoms with Crippen molar-refractivity contribution in [2.45, 2.75) is 50.9 Å². The summed E-state index contributed by atoms with van der Waals surface area (Å²) in [6, 6.07) is 0. The van der Waals surface area contributed by atoms with E-state index in [2.05, 4.69) is 0 Å². The van der Waals surface area contributed by atoms with Crippen molar-refractivity contribution in [3.63, 3.8) is 0 Å². The smallest absolute Gasteiger partial charge is 0.348 e. The Balaban J connectivity index is 2.04. The molecule has 0 aromatic heterocycles. The van der Waals surface area contributed by atoms with E-state index in [0.29, 0.717) is 11.0 Å². The van der Waals surface area contributed by atoms with Crippen molar-refractivity contribution < 1.29 is 46.5 Å². The molecular formula is C18H36N2O10P+. The Morgan fingerprint density at radius 1 is 1.03 bits per heavy atom. The summed E-state index contributed by atoms with van der Waals surface area (Å²) in [5.74, 6) is -1.73. The first-order valence-corrected chi connectivity index (χ1v) is 11.6. The Kier molecular flexibility index (Phi) is 8.28. The molecule has 2 aliphatic rings. The molecule has 0 saturated carbocycles. The average Bonchev–Trinajstić information content (AvgIpc) is 2.97. The maximum absolute atomic E-state index is 13.3. The van der Waals surface area contributed by atoms with Gasteiger partial charge in [0, 0.05) is 4.92 Å². The van der Waals surface area contributed by atoms with Crippen LogP contribution < -0.4 is 0 Å². The predicted molar refractivity (Wildman–Crippen MR) is 109 cm³/mol. The third-order valence-electron chi connectivity index (χ3n) is 4.75. The van der Waals surface area contributed by atoms with Crippen LogP contribution in [-0.2, 0) is 37.1 Å². The molecular weight excluding hydrogens is 435 g/mol. The summed E-state index contributed by atoms with van der Waals surface area (Å²) >= 11 is 0. The van der Waals surface area contributed by atoms with E-state index in [0.717, 1.165) is 0 Å². The zero-order valence-corrected chi connectivity index (χ0v) is 20.3. The van der Waals surface area contributed by atoms with Crippen molar-refractivity contribution >= 4 is 7.82 Å². The largest absolute Gasteiger partial charge is 0.475 e. The normalized spacial score (nSPS) is 27.0. The molecule has 0 radical (unpaired) electrons. The van der Waals surface area contributed by atoms with Gasteiger partial charge in [-0.25, -0.2) is 4.57 Å². The van der Waals surface area contributed by atoms with Crippen LogP contribution in [0, 0.1) is 10.1 Å². The first-order valence-electron chi connectivity index (χ1n) is 10.1. The van der Waals surface area contributed by atoms with E-state index in [9.17, 15) is 14.7 Å². The lowest BCUT2D eigenvalue weighted by Crippen LogP contribution is -2.58. The fourth-order valence-corrected chi connectivity index (χ4v) is 3.97. The number of ether oxygens (including phenoxy) is 4. The molecule has 2 fully saturated rings. The minimum Gasteiger partial charge on any atom is -0.348 e. The van der Waals surface area contributed by atoms with Crippen LogP contribution in [0.1, 0.15) is 27.7 Å². The maximum atomic E-state index is 13.3. The third kappa shape index (κ3) is 8.30. The molecule has 0 aliphatic carbocycles. The summed E-state index contributed by atoms with van der Waals surface area (Å²) in [7, 11) is 1.70. The Bertz CT molecular complexity index is 669. The lowest BCUT2D eigenvalue weighted by Gasteiger charge is -2.37. The fraction of sp³-hybridized carbons (Fsp3) is 1.00. The van der Waals surface area contributed by atoms with E-state index in [1.165, 1.54) is 0 Å². The number of hydrogen-bond acceptors (Lipinski definition) is 10. The highest BCUT2D eigenvalue weighted by Gasteiger charge is 2.52. The molecule has 13 heteroatoms. The highest BCUT2D eigenvalue weighted by Crippen LogP contribution is 2.51. The second kappa shape index (κ2) is 9.66. The van der Waals surface area contributed by atoms with Gasteiger partial charge >= 0.3 is 7.82 Å². The third-order valence-corrected chi connectivity index (χ3v) is 6.16. The van der Waals surface area contributed by atoms with Gasteiger partial charge in [0.15, 0.2) is 11.6 Å². The number of rotatable bonds is 11. The van der Waals surface area contributed by atoms with Crippen molar-refractivity contribution in [2.75, 3.05) is 67.3 Å². The molecule has 0 N–H and O–H groups in total. The SMILES string of the molecule is CC1(C)OCC(COP(=O)(OCC[N+](C)(C)C)OCC2COC(C)(C)O2)([N+](=O)[O-])CO1. The van der Waals surface area contributed by atoms with Crippen molar-refractivity contribution in [2.24, 2.45) is 0 Å². The zero-order chi connectivity index (χ0) is 23.6. The summed E-state index contributed by atoms with van der Waals surface area (Å²) in [4.78, 5) is 11.2. The molecule has 31 heavy (non-hydrogen) atoms. The van der Waals surface area contributed by atoms with Crippen molar-refractivity contribution in [3.05, 3.63) is 10.1 Å². The first-order chi connectivity index (χ1) is 14.1. The van der Waals surface area contributed by atoms with Crippen LogP contribution in [0.25, 0.3) is 0 Å². The van der Waals surface area contributed by atoms with Crippen LogP contribution in [-0.4, -0.2) is 100.0 Å². The Hall–Kier alpha value is -0.690. The average molecular weight is 471 g/mol. The van der Waals surface area contributed by atoms with Crippen molar-refractivity contribution in [1.82, 2.24) is 0 Å². The number of phosphoric acid groups is 1. The van der Waals surface area contributed by atoms with Crippen LogP contribution in [0.3, 0.4) is 0 Å². The molecule has 2 heterocycles. The van der Waals surface area contributed by atoms with E-state index in [1.807, 2.05) is 21.1 Å². The van der Waals surface area contributed by atoms with Gasteiger partial charge in [0.25, 0.3) is 5.54 Å². The second-order valence-corrected chi connectivity index (χ2v) is 11.4. The van der Waals surface area contributed by atoms with Gasteiger partial charge in [-0.2, -0.15) is 0 Å². The predicted octanol–water partition coefficient (Wildman–Crippen LogP) is 1.80. The van der Waals surface area contributed by atoms with Crippen LogP contribution in [0.5, 0.6) is 0 Å². The number of likely N-dealkylation sites (N-methyl/N-ethyl adjacent to an activating group) is 1. The van der Waals surface area contributed by atoms with E-state index in [-0.39, 0.29) is 33.0 Å². The van der Waals surface area contributed by atoms with Crippen LogP contribution in [0.4, 0.5) is 0 Å². The van der Waals surface area contributed by atoms with E-state index in [4.69, 9.17) is 32.5 Å². The Morgan fingerprint density at radius 3 is 2.13 bits per heavy atom. The number of phosphoric ester groups is 1. The first kappa shape index (κ1) is 26.6. The monoisotopic (exact) mass is 471 g/mol. The molecule has 182 valence electrons. The van der Waals surface area contributed by atoms with Gasteiger partial charge in [0.1, 0.15) is 39.1 Å². The van der Waals surface area contributed by atoms with Crippen molar-refractivity contribution in [3.8, 4) is 0 Å². The summed E-state index contributed by atoms with van der Waals surface area (Å²) < 4.78 is 52.2. The highest BCUT2D eigenvalue weighted by molar-refractivity contribution is 7.48. The minimum atomic E-state index is -4.14. The van der Waals surface area contributed by atoms with Gasteiger partial charge in [-0.3, -0.25) is 23.7 Å². The summed E-state index contributed by atoms with van der Waals surface area (Å²) in [5.41, 5.74) is -1.73. The summed E-state index contributed by atoms with van der Waals surface area (Å²) in [6.45, 7) is 6.46. The molecule has 12 nitrogen and oxygen atoms in total. The summed E-state index contributed by atoms with van der Waals surface area (Å²) in [6.07, 6.45) is -0.472. The van der Waals surface area contributed by atoms with Crippen LogP contribution >= 0.6 is 7.82 Å². The molecule has 2 aliphatic heterocycles. The fourth-order valence-electron chi connectivity index (χ4n) is 2.70. The minimum absolute atomic E-state index is 0.0692. The van der Waals surface area contributed by atoms with Gasteiger partial charge in [-0.15, -0.1) is 0 Å². The number of nitro groups is 1. The number of hydrogen-bond donors (Lipinski definition) is 0. The van der Waals surface area contributed by atoms with Gasteiger partial charge in [-0.05, 0) is 27.7 Å². The van der Waals surface area contributed by atoms with E-state index in [1.54, 1.807) is 27.7 Å². The Morgan fingerprint density at radius 2 is 1.65 bits per heavy atom. The van der Waals surface area contributed by atoms with Crippen LogP contribution in [0.2, 0.25) is 0 Å². The quantitative estimate of drug-likeness (QED) is 0.191. The number of nitrogens with zero attached hydrogens (tertiary/aromatic N) is 2. The van der Waals surface area contributed by atoms with E-state index < -0.39 is 42.6 Å². The van der Waals surface area contributed by atoms with Gasteiger partial charge in [0.05, 0.1) is 34.4 Å². The maximum Gasteiger partial charge on any atom is 0.475 e. The molecule has 0 aromatic rings. The molecule has 2 rings (SSSR count). The topological polar surface area (TPSA) is 125 Å². The lowest BCUT2D eigenvalue weighted by molar-refractivity contribution is -0.870. The molecule has 0 bridgehead atoms. The van der Waals surface area contributed by atoms with Crippen LogP contribution in [0.15, 0.2) is 0 Å². The van der Waals surface area contributed by atoms with E-state index >= 15 is 0 Å². The van der Waals surface area contributed by atoms with Crippen molar-refractivity contribution in [1.29, 1.82) is 0 Å². The zero-order valence-electron chi connectivity index (χ0n) is 19.5. The summed E-state index contributed by atoms with van der Waals surface area (Å²) in [5, 5.41) is 11.7. The van der Waals surface area contributed by atoms with Gasteiger partial charge < -0.3 is 23.4 Å². The molecule has 2 saturated heterocycles. The highest BCUT2D eigenvalue weighted by atomic mass is 31.2. The number of quaternary nitrogens is 1. The Labute approximate surface area is 183 Å². The molecule has 2 unspecified atom stereocenters.